The van der Waals surface area contributed by atoms with E-state index in [1.807, 2.05) is 6.07 Å². The summed E-state index contributed by atoms with van der Waals surface area (Å²) in [5, 5.41) is 6.39. The van der Waals surface area contributed by atoms with Gasteiger partial charge in [-0.1, -0.05) is 29.8 Å². The molecule has 27 heavy (non-hydrogen) atoms. The second-order valence-corrected chi connectivity index (χ2v) is 7.99. The molecule has 0 aliphatic carbocycles. The van der Waals surface area contributed by atoms with Gasteiger partial charge in [0.15, 0.2) is 5.96 Å². The maximum absolute atomic E-state index is 13.6. The first-order valence-electron chi connectivity index (χ1n) is 8.26. The highest BCUT2D eigenvalue weighted by atomic mass is 35.5. The highest BCUT2D eigenvalue weighted by molar-refractivity contribution is 7.89. The van der Waals surface area contributed by atoms with Gasteiger partial charge in [-0.25, -0.2) is 17.5 Å². The van der Waals surface area contributed by atoms with Crippen LogP contribution in [0.3, 0.4) is 0 Å². The van der Waals surface area contributed by atoms with E-state index in [0.29, 0.717) is 29.6 Å². The zero-order valence-electron chi connectivity index (χ0n) is 15.1. The quantitative estimate of drug-likeness (QED) is 0.370. The predicted molar refractivity (Wildman–Crippen MR) is 106 cm³/mol. The zero-order chi connectivity index (χ0) is 19.9. The van der Waals surface area contributed by atoms with Crippen LogP contribution in [-0.4, -0.2) is 34.5 Å². The molecule has 2 aromatic carbocycles. The van der Waals surface area contributed by atoms with Crippen molar-refractivity contribution in [2.24, 2.45) is 4.99 Å². The Labute approximate surface area is 163 Å². The highest BCUT2D eigenvalue weighted by Crippen LogP contribution is 2.14. The molecule has 0 fully saturated rings. The van der Waals surface area contributed by atoms with Crippen LogP contribution in [0.2, 0.25) is 5.02 Å². The Kier molecular flexibility index (Phi) is 7.58. The number of guanidine groups is 1. The number of benzene rings is 2. The third-order valence-corrected chi connectivity index (χ3v) is 5.43. The molecule has 0 saturated heterocycles. The molecular weight excluding hydrogens is 391 g/mol. The Bertz CT molecular complexity index is 919. The molecule has 2 aromatic rings. The van der Waals surface area contributed by atoms with Crippen LogP contribution in [0.15, 0.2) is 52.4 Å². The minimum Gasteiger partial charge on any atom is -0.355 e. The van der Waals surface area contributed by atoms with Crippen molar-refractivity contribution >= 4 is 27.6 Å². The lowest BCUT2D eigenvalue weighted by Crippen LogP contribution is -2.41. The monoisotopic (exact) mass is 412 g/mol. The maximum Gasteiger partial charge on any atom is 0.240 e. The van der Waals surface area contributed by atoms with Crippen molar-refractivity contribution in [3.63, 3.8) is 0 Å². The van der Waals surface area contributed by atoms with Gasteiger partial charge in [0.05, 0.1) is 4.90 Å². The molecule has 3 N–H and O–H groups in total. The number of halogens is 2. The van der Waals surface area contributed by atoms with Crippen molar-refractivity contribution in [1.82, 2.24) is 15.4 Å². The fourth-order valence-electron chi connectivity index (χ4n) is 2.24. The largest absolute Gasteiger partial charge is 0.355 e. The molecule has 0 aromatic heterocycles. The van der Waals surface area contributed by atoms with Crippen LogP contribution in [-0.2, 0) is 16.6 Å². The van der Waals surface area contributed by atoms with Gasteiger partial charge in [-0.15, -0.1) is 0 Å². The summed E-state index contributed by atoms with van der Waals surface area (Å²) in [5.41, 5.74) is 1.37. The summed E-state index contributed by atoms with van der Waals surface area (Å²) in [5.74, 6) is 0.227. The number of nitrogens with zero attached hydrogens (tertiary/aromatic N) is 1. The van der Waals surface area contributed by atoms with Crippen molar-refractivity contribution in [1.29, 1.82) is 0 Å². The van der Waals surface area contributed by atoms with Crippen molar-refractivity contribution in [2.75, 3.05) is 20.1 Å². The normalized spacial score (nSPS) is 12.1. The zero-order valence-corrected chi connectivity index (χ0v) is 16.7. The fourth-order valence-corrected chi connectivity index (χ4v) is 3.57. The van der Waals surface area contributed by atoms with Gasteiger partial charge in [-0.3, -0.25) is 4.99 Å². The lowest BCUT2D eigenvalue weighted by atomic mass is 10.1. The molecule has 6 nitrogen and oxygen atoms in total. The highest BCUT2D eigenvalue weighted by Gasteiger charge is 2.13. The molecule has 0 saturated carbocycles. The topological polar surface area (TPSA) is 82.6 Å². The van der Waals surface area contributed by atoms with Crippen LogP contribution < -0.4 is 15.4 Å². The summed E-state index contributed by atoms with van der Waals surface area (Å²) >= 11 is 5.82. The Balaban J connectivity index is 1.80. The van der Waals surface area contributed by atoms with Crippen LogP contribution >= 0.6 is 11.6 Å². The van der Waals surface area contributed by atoms with E-state index in [1.165, 1.54) is 18.2 Å². The molecular formula is C18H22ClFN4O2S. The van der Waals surface area contributed by atoms with E-state index < -0.39 is 10.0 Å². The number of sulfonamides is 1. The van der Waals surface area contributed by atoms with Crippen molar-refractivity contribution < 1.29 is 12.8 Å². The summed E-state index contributed by atoms with van der Waals surface area (Å²) in [7, 11) is -2.03. The van der Waals surface area contributed by atoms with E-state index >= 15 is 0 Å². The second-order valence-electron chi connectivity index (χ2n) is 5.79. The summed E-state index contributed by atoms with van der Waals surface area (Å²) in [6.07, 6.45) is 0. The predicted octanol–water partition coefficient (Wildman–Crippen LogP) is 2.43. The van der Waals surface area contributed by atoms with E-state index in [2.05, 4.69) is 20.3 Å². The average molecular weight is 413 g/mol. The van der Waals surface area contributed by atoms with Crippen LogP contribution in [0.5, 0.6) is 0 Å². The molecule has 146 valence electrons. The standard InChI is InChI=1S/C18H22ClFN4O2S/c1-13-6-7-14(10-17(13)20)12-23-18(21-2)22-8-9-24-27(25,26)16-5-3-4-15(19)11-16/h3-7,10-11,24H,8-9,12H2,1-2H3,(H2,21,22,23). The summed E-state index contributed by atoms with van der Waals surface area (Å²) in [6.45, 7) is 2.58. The molecule has 0 bridgehead atoms. The second kappa shape index (κ2) is 9.68. The molecule has 9 heteroatoms. The number of nitrogens with one attached hydrogen (secondary N) is 3. The van der Waals surface area contributed by atoms with Gasteiger partial charge in [-0.05, 0) is 42.3 Å². The average Bonchev–Trinajstić information content (AvgIpc) is 2.64. The minimum absolute atomic E-state index is 0.110. The Morgan fingerprint density at radius 3 is 2.59 bits per heavy atom. The number of aryl methyl sites for hydroxylation is 1. The molecule has 0 atom stereocenters. The summed E-state index contributed by atoms with van der Waals surface area (Å²) < 4.78 is 40.4. The third-order valence-electron chi connectivity index (χ3n) is 3.74. The van der Waals surface area contributed by atoms with Gasteiger partial charge in [0.25, 0.3) is 0 Å². The molecule has 0 aliphatic heterocycles. The van der Waals surface area contributed by atoms with Crippen molar-refractivity contribution in [3.05, 3.63) is 64.4 Å². The van der Waals surface area contributed by atoms with Gasteiger partial charge < -0.3 is 10.6 Å². The van der Waals surface area contributed by atoms with E-state index in [1.54, 1.807) is 32.2 Å². The van der Waals surface area contributed by atoms with E-state index in [-0.39, 0.29) is 17.3 Å². The molecule has 2 rings (SSSR count). The van der Waals surface area contributed by atoms with Gasteiger partial charge in [-0.2, -0.15) is 0 Å². The first kappa shape index (κ1) is 21.1. The molecule has 0 heterocycles. The SMILES string of the molecule is CN=C(NCCNS(=O)(=O)c1cccc(Cl)c1)NCc1ccc(C)c(F)c1. The molecule has 0 radical (unpaired) electrons. The first-order chi connectivity index (χ1) is 12.8. The van der Waals surface area contributed by atoms with E-state index in [9.17, 15) is 12.8 Å². The first-order valence-corrected chi connectivity index (χ1v) is 10.1. The van der Waals surface area contributed by atoms with Gasteiger partial charge in [0, 0.05) is 31.7 Å². The Morgan fingerprint density at radius 1 is 1.15 bits per heavy atom. The summed E-state index contributed by atoms with van der Waals surface area (Å²) in [6, 6.07) is 11.1. The van der Waals surface area contributed by atoms with Crippen LogP contribution in [0.25, 0.3) is 0 Å². The van der Waals surface area contributed by atoms with Crippen LogP contribution in [0.4, 0.5) is 4.39 Å². The van der Waals surface area contributed by atoms with Crippen molar-refractivity contribution in [2.45, 2.75) is 18.4 Å². The fraction of sp³-hybridized carbons (Fsp3) is 0.278. The lowest BCUT2D eigenvalue weighted by molar-refractivity contribution is 0.580. The smallest absolute Gasteiger partial charge is 0.240 e. The minimum atomic E-state index is -3.63. The van der Waals surface area contributed by atoms with E-state index in [0.717, 1.165) is 5.56 Å². The van der Waals surface area contributed by atoms with Crippen LogP contribution in [0, 0.1) is 12.7 Å². The van der Waals surface area contributed by atoms with E-state index in [4.69, 9.17) is 11.6 Å². The third kappa shape index (κ3) is 6.50. The number of aliphatic imine (C=N–C) groups is 1. The van der Waals surface area contributed by atoms with Crippen molar-refractivity contribution in [3.8, 4) is 0 Å². The van der Waals surface area contributed by atoms with Gasteiger partial charge in [0.2, 0.25) is 10.0 Å². The number of hydrogen-bond donors (Lipinski definition) is 3. The Morgan fingerprint density at radius 2 is 1.93 bits per heavy atom. The molecule has 0 aliphatic rings. The Hall–Kier alpha value is -2.16. The lowest BCUT2D eigenvalue weighted by Gasteiger charge is -2.13. The maximum atomic E-state index is 13.6. The summed E-state index contributed by atoms with van der Waals surface area (Å²) in [4.78, 5) is 4.16. The molecule has 0 amide bonds. The van der Waals surface area contributed by atoms with Gasteiger partial charge >= 0.3 is 0 Å². The molecule has 0 unspecified atom stereocenters. The molecule has 0 spiro atoms. The number of hydrogen-bond acceptors (Lipinski definition) is 3. The van der Waals surface area contributed by atoms with Crippen LogP contribution in [0.1, 0.15) is 11.1 Å². The van der Waals surface area contributed by atoms with Gasteiger partial charge in [0.1, 0.15) is 5.82 Å². The number of rotatable bonds is 7.